The number of morpholine rings is 1. The number of carbonyl (C=O) groups is 1. The highest BCUT2D eigenvalue weighted by Crippen LogP contribution is 2.30. The highest BCUT2D eigenvalue weighted by Gasteiger charge is 2.47. The molecule has 2 N–H and O–H groups in total. The van der Waals surface area contributed by atoms with Gasteiger partial charge < -0.3 is 19.9 Å². The number of aliphatic hydroxyl groups is 1. The van der Waals surface area contributed by atoms with Crippen molar-refractivity contribution in [2.24, 2.45) is 0 Å². The fourth-order valence-electron chi connectivity index (χ4n) is 3.94. The fraction of sp³-hybridized carbons (Fsp3) is 0.450. The molecule has 0 radical (unpaired) electrons. The molecule has 4 atom stereocenters. The van der Waals surface area contributed by atoms with Crippen molar-refractivity contribution in [3.63, 3.8) is 0 Å². The van der Waals surface area contributed by atoms with E-state index < -0.39 is 12.2 Å². The molecule has 148 valence electrons. The van der Waals surface area contributed by atoms with Crippen molar-refractivity contribution in [2.75, 3.05) is 26.3 Å². The van der Waals surface area contributed by atoms with Crippen molar-refractivity contribution in [1.82, 2.24) is 20.2 Å². The van der Waals surface area contributed by atoms with E-state index in [1.165, 1.54) is 6.20 Å². The lowest BCUT2D eigenvalue weighted by molar-refractivity contribution is -0.0350. The maximum Gasteiger partial charge on any atom is 0.253 e. The van der Waals surface area contributed by atoms with Crippen LogP contribution in [0.15, 0.2) is 49.1 Å². The van der Waals surface area contributed by atoms with Gasteiger partial charge >= 0.3 is 0 Å². The van der Waals surface area contributed by atoms with Gasteiger partial charge in [-0.3, -0.25) is 19.7 Å². The molecule has 1 aliphatic heterocycles. The Labute approximate surface area is 163 Å². The summed E-state index contributed by atoms with van der Waals surface area (Å²) in [5.41, 5.74) is 0.495. The molecule has 0 spiro atoms. The van der Waals surface area contributed by atoms with E-state index in [2.05, 4.69) is 20.2 Å². The van der Waals surface area contributed by atoms with Gasteiger partial charge in [0.2, 0.25) is 0 Å². The zero-order chi connectivity index (χ0) is 19.3. The molecule has 2 fully saturated rings. The summed E-state index contributed by atoms with van der Waals surface area (Å²) in [4.78, 5) is 22.9. The van der Waals surface area contributed by atoms with E-state index in [1.54, 1.807) is 36.8 Å². The van der Waals surface area contributed by atoms with Crippen molar-refractivity contribution in [3.05, 3.63) is 54.6 Å². The summed E-state index contributed by atoms with van der Waals surface area (Å²) < 4.78 is 11.4. The molecule has 8 heteroatoms. The van der Waals surface area contributed by atoms with Crippen LogP contribution >= 0.6 is 0 Å². The molecule has 2 aliphatic rings. The normalized spacial score (nSPS) is 28.0. The molecule has 0 bridgehead atoms. The average molecular weight is 384 g/mol. The SMILES string of the molecule is O=C(N[C@@H]1C[C@@H](Oc2cccnc2)[C@H](O)[C@H]1N1CCOCC1)c1cccnc1. The molecule has 2 aromatic rings. The van der Waals surface area contributed by atoms with Crippen molar-refractivity contribution in [2.45, 2.75) is 30.7 Å². The van der Waals surface area contributed by atoms with Gasteiger partial charge in [0, 0.05) is 38.1 Å². The van der Waals surface area contributed by atoms with E-state index >= 15 is 0 Å². The first kappa shape index (κ1) is 18.8. The Morgan fingerprint density at radius 2 is 1.93 bits per heavy atom. The second-order valence-corrected chi connectivity index (χ2v) is 7.03. The Hall–Kier alpha value is -2.55. The minimum Gasteiger partial charge on any atom is -0.486 e. The number of nitrogens with zero attached hydrogens (tertiary/aromatic N) is 3. The van der Waals surface area contributed by atoms with Crippen LogP contribution in [0.4, 0.5) is 0 Å². The van der Waals surface area contributed by atoms with Gasteiger partial charge in [0.1, 0.15) is 18.0 Å². The molecule has 0 aromatic carbocycles. The molecule has 2 aromatic heterocycles. The Balaban J connectivity index is 1.52. The molecule has 1 amide bonds. The van der Waals surface area contributed by atoms with Crippen LogP contribution in [0.2, 0.25) is 0 Å². The van der Waals surface area contributed by atoms with Crippen LogP contribution in [-0.2, 0) is 4.74 Å². The Morgan fingerprint density at radius 1 is 1.18 bits per heavy atom. The maximum absolute atomic E-state index is 12.7. The van der Waals surface area contributed by atoms with Crippen molar-refractivity contribution < 1.29 is 19.4 Å². The van der Waals surface area contributed by atoms with Crippen LogP contribution in [-0.4, -0.2) is 76.5 Å². The van der Waals surface area contributed by atoms with Gasteiger partial charge in [0.05, 0.1) is 37.1 Å². The van der Waals surface area contributed by atoms with Crippen LogP contribution in [0.5, 0.6) is 5.75 Å². The van der Waals surface area contributed by atoms with Crippen molar-refractivity contribution >= 4 is 5.91 Å². The van der Waals surface area contributed by atoms with Crippen LogP contribution in [0.3, 0.4) is 0 Å². The highest BCUT2D eigenvalue weighted by atomic mass is 16.5. The molecule has 28 heavy (non-hydrogen) atoms. The van der Waals surface area contributed by atoms with Gasteiger partial charge in [-0.05, 0) is 24.3 Å². The Morgan fingerprint density at radius 3 is 2.61 bits per heavy atom. The van der Waals surface area contributed by atoms with Crippen molar-refractivity contribution in [1.29, 1.82) is 0 Å². The maximum atomic E-state index is 12.7. The third kappa shape index (κ3) is 4.14. The van der Waals surface area contributed by atoms with E-state index in [9.17, 15) is 9.90 Å². The molecular formula is C20H24N4O4. The number of hydrogen-bond acceptors (Lipinski definition) is 7. The molecule has 4 rings (SSSR count). The van der Waals surface area contributed by atoms with Crippen LogP contribution in [0.1, 0.15) is 16.8 Å². The first-order valence-corrected chi connectivity index (χ1v) is 9.50. The zero-order valence-corrected chi connectivity index (χ0v) is 15.5. The molecule has 1 saturated heterocycles. The number of rotatable bonds is 5. The fourth-order valence-corrected chi connectivity index (χ4v) is 3.94. The van der Waals surface area contributed by atoms with Gasteiger partial charge in [0.25, 0.3) is 5.91 Å². The number of ether oxygens (including phenoxy) is 2. The second kappa shape index (κ2) is 8.64. The highest BCUT2D eigenvalue weighted by molar-refractivity contribution is 5.94. The number of carbonyl (C=O) groups excluding carboxylic acids is 1. The monoisotopic (exact) mass is 384 g/mol. The van der Waals surface area contributed by atoms with Gasteiger partial charge in [0.15, 0.2) is 0 Å². The first-order valence-electron chi connectivity index (χ1n) is 9.50. The zero-order valence-electron chi connectivity index (χ0n) is 15.5. The summed E-state index contributed by atoms with van der Waals surface area (Å²) in [6, 6.07) is 6.56. The summed E-state index contributed by atoms with van der Waals surface area (Å²) in [6.07, 6.45) is 5.79. The largest absolute Gasteiger partial charge is 0.486 e. The molecule has 1 aliphatic carbocycles. The lowest BCUT2D eigenvalue weighted by Gasteiger charge is -2.37. The van der Waals surface area contributed by atoms with Crippen LogP contribution < -0.4 is 10.1 Å². The van der Waals surface area contributed by atoms with Crippen LogP contribution in [0.25, 0.3) is 0 Å². The summed E-state index contributed by atoms with van der Waals surface area (Å²) >= 11 is 0. The summed E-state index contributed by atoms with van der Waals surface area (Å²) in [6.45, 7) is 2.64. The van der Waals surface area contributed by atoms with Gasteiger partial charge in [-0.1, -0.05) is 0 Å². The quantitative estimate of drug-likeness (QED) is 0.774. The van der Waals surface area contributed by atoms with E-state index in [0.717, 1.165) is 0 Å². The molecule has 3 heterocycles. The molecule has 8 nitrogen and oxygen atoms in total. The van der Waals surface area contributed by atoms with Gasteiger partial charge in [-0.2, -0.15) is 0 Å². The predicted octanol–water partition coefficient (Wildman–Crippen LogP) is 0.488. The third-order valence-corrected chi connectivity index (χ3v) is 5.26. The number of amides is 1. The number of nitrogens with one attached hydrogen (secondary N) is 1. The molecule has 1 saturated carbocycles. The molecular weight excluding hydrogens is 360 g/mol. The Kier molecular flexibility index (Phi) is 5.80. The predicted molar refractivity (Wildman–Crippen MR) is 101 cm³/mol. The average Bonchev–Trinajstić information content (AvgIpc) is 3.04. The Bertz CT molecular complexity index is 770. The standard InChI is InChI=1S/C20H24N4O4/c25-19-17(28-15-4-2-6-22-13-15)11-16(18(19)24-7-9-27-10-8-24)23-20(26)14-3-1-5-21-12-14/h1-6,12-13,16-19,25H,7-11H2,(H,23,26)/t16-,17-,18+,19+/m1/s1. The van der Waals surface area contributed by atoms with Crippen molar-refractivity contribution in [3.8, 4) is 5.75 Å². The number of aliphatic hydroxyl groups excluding tert-OH is 1. The smallest absolute Gasteiger partial charge is 0.253 e. The van der Waals surface area contributed by atoms with E-state index in [0.29, 0.717) is 44.0 Å². The summed E-state index contributed by atoms with van der Waals surface area (Å²) in [5, 5.41) is 14.1. The topological polar surface area (TPSA) is 96.8 Å². The van der Waals surface area contributed by atoms with Crippen LogP contribution in [0, 0.1) is 0 Å². The number of aromatic nitrogens is 2. The lowest BCUT2D eigenvalue weighted by atomic mass is 10.1. The summed E-state index contributed by atoms with van der Waals surface area (Å²) in [7, 11) is 0. The number of hydrogen-bond donors (Lipinski definition) is 2. The van der Waals surface area contributed by atoms with E-state index in [-0.39, 0.29) is 18.0 Å². The van der Waals surface area contributed by atoms with E-state index in [4.69, 9.17) is 9.47 Å². The van der Waals surface area contributed by atoms with E-state index in [1.807, 2.05) is 6.07 Å². The summed E-state index contributed by atoms with van der Waals surface area (Å²) in [5.74, 6) is 0.400. The van der Waals surface area contributed by atoms with Gasteiger partial charge in [-0.15, -0.1) is 0 Å². The van der Waals surface area contributed by atoms with Gasteiger partial charge in [-0.25, -0.2) is 0 Å². The minimum absolute atomic E-state index is 0.203. The number of pyridine rings is 2. The molecule has 0 unspecified atom stereocenters. The lowest BCUT2D eigenvalue weighted by Crippen LogP contribution is -2.56. The first-order chi connectivity index (χ1) is 13.7. The third-order valence-electron chi connectivity index (χ3n) is 5.26. The second-order valence-electron chi connectivity index (χ2n) is 7.03. The minimum atomic E-state index is -0.738.